The molecule has 2 aromatic carbocycles. The molecule has 3 rings (SSSR count). The number of hydrogen-bond acceptors (Lipinski definition) is 2. The number of fused-ring (bicyclic) bond motifs is 1. The number of hydrogen-bond donors (Lipinski definition) is 1. The summed E-state index contributed by atoms with van der Waals surface area (Å²) in [4.78, 5) is 4.75. The second-order valence-corrected chi connectivity index (χ2v) is 6.63. The monoisotopic (exact) mass is 294 g/mol. The van der Waals surface area contributed by atoms with Crippen molar-refractivity contribution in [3.63, 3.8) is 0 Å². The van der Waals surface area contributed by atoms with Gasteiger partial charge in [0.15, 0.2) is 0 Å². The fourth-order valence-corrected chi connectivity index (χ4v) is 2.74. The Morgan fingerprint density at radius 3 is 2.32 bits per heavy atom. The van der Waals surface area contributed by atoms with Crippen molar-refractivity contribution >= 4 is 11.0 Å². The molecule has 0 bridgehead atoms. The molecule has 0 amide bonds. The van der Waals surface area contributed by atoms with E-state index in [0.717, 1.165) is 22.4 Å². The fourth-order valence-electron chi connectivity index (χ4n) is 2.74. The molecule has 0 aliphatic heterocycles. The zero-order chi connectivity index (χ0) is 15.7. The summed E-state index contributed by atoms with van der Waals surface area (Å²) in [6.07, 6.45) is 0. The predicted octanol–water partition coefficient (Wildman–Crippen LogP) is 3.99. The summed E-state index contributed by atoms with van der Waals surface area (Å²) in [6, 6.07) is 16.6. The summed E-state index contributed by atoms with van der Waals surface area (Å²) in [5.41, 5.74) is 4.56. The van der Waals surface area contributed by atoms with Gasteiger partial charge in [0.2, 0.25) is 0 Å². The Kier molecular flexibility index (Phi) is 3.75. The Morgan fingerprint density at radius 1 is 1.00 bits per heavy atom. The van der Waals surface area contributed by atoms with Crippen LogP contribution >= 0.6 is 0 Å². The number of benzene rings is 2. The number of aromatic nitrogens is 2. The molecule has 0 spiro atoms. The lowest BCUT2D eigenvalue weighted by atomic mass is 9.87. The summed E-state index contributed by atoms with van der Waals surface area (Å²) in [6.45, 7) is 7.29. The van der Waals surface area contributed by atoms with E-state index < -0.39 is 0 Å². The first-order chi connectivity index (χ1) is 10.5. The van der Waals surface area contributed by atoms with Crippen molar-refractivity contribution < 1.29 is 5.11 Å². The third kappa shape index (κ3) is 2.64. The molecule has 0 atom stereocenters. The van der Waals surface area contributed by atoms with E-state index in [1.54, 1.807) is 0 Å². The minimum atomic E-state index is 0.105. The third-order valence-corrected chi connectivity index (χ3v) is 3.99. The number of imidazole rings is 1. The van der Waals surface area contributed by atoms with Crippen LogP contribution in [0.15, 0.2) is 48.5 Å². The second kappa shape index (κ2) is 5.58. The highest BCUT2D eigenvalue weighted by molar-refractivity contribution is 5.80. The van der Waals surface area contributed by atoms with Gasteiger partial charge in [0.05, 0.1) is 17.6 Å². The van der Waals surface area contributed by atoms with Crippen LogP contribution in [0.2, 0.25) is 0 Å². The summed E-state index contributed by atoms with van der Waals surface area (Å²) < 4.78 is 2.08. The molecule has 0 aliphatic rings. The molecule has 1 N–H and O–H groups in total. The first-order valence-electron chi connectivity index (χ1n) is 7.68. The zero-order valence-electron chi connectivity index (χ0n) is 13.4. The smallest absolute Gasteiger partial charge is 0.141 e. The van der Waals surface area contributed by atoms with E-state index in [4.69, 9.17) is 4.98 Å². The minimum absolute atomic E-state index is 0.105. The molecule has 3 nitrogen and oxygen atoms in total. The van der Waals surface area contributed by atoms with E-state index in [0.29, 0.717) is 6.54 Å². The molecule has 114 valence electrons. The summed E-state index contributed by atoms with van der Waals surface area (Å²) in [5, 5.41) is 9.37. The molecule has 22 heavy (non-hydrogen) atoms. The minimum Gasteiger partial charge on any atom is -0.395 e. The van der Waals surface area contributed by atoms with E-state index in [1.165, 1.54) is 5.56 Å². The van der Waals surface area contributed by atoms with Crippen molar-refractivity contribution in [3.05, 3.63) is 54.1 Å². The van der Waals surface area contributed by atoms with Crippen molar-refractivity contribution in [2.75, 3.05) is 6.61 Å². The van der Waals surface area contributed by atoms with Crippen molar-refractivity contribution in [2.24, 2.45) is 0 Å². The number of rotatable bonds is 3. The molecule has 0 aliphatic carbocycles. The number of nitrogens with zero attached hydrogens (tertiary/aromatic N) is 2. The highest BCUT2D eigenvalue weighted by Crippen LogP contribution is 2.28. The Hall–Kier alpha value is -2.13. The van der Waals surface area contributed by atoms with Gasteiger partial charge in [0, 0.05) is 12.1 Å². The normalized spacial score (nSPS) is 12.0. The average Bonchev–Trinajstić information content (AvgIpc) is 2.86. The van der Waals surface area contributed by atoms with Gasteiger partial charge < -0.3 is 9.67 Å². The van der Waals surface area contributed by atoms with Crippen LogP contribution in [0.3, 0.4) is 0 Å². The maximum absolute atomic E-state index is 9.37. The number of aliphatic hydroxyl groups excluding tert-OH is 1. The van der Waals surface area contributed by atoms with Crippen LogP contribution < -0.4 is 0 Å². The molecule has 0 radical (unpaired) electrons. The molecule has 0 saturated carbocycles. The van der Waals surface area contributed by atoms with E-state index in [-0.39, 0.29) is 12.0 Å². The topological polar surface area (TPSA) is 38.0 Å². The molecule has 3 heteroatoms. The van der Waals surface area contributed by atoms with E-state index in [1.807, 2.05) is 24.3 Å². The lowest BCUT2D eigenvalue weighted by Gasteiger charge is -2.19. The maximum Gasteiger partial charge on any atom is 0.141 e. The van der Waals surface area contributed by atoms with Crippen molar-refractivity contribution in [2.45, 2.75) is 32.7 Å². The van der Waals surface area contributed by atoms with Gasteiger partial charge in [-0.05, 0) is 23.1 Å². The number of aliphatic hydroxyl groups is 1. The molecular formula is C19H22N2O. The predicted molar refractivity (Wildman–Crippen MR) is 91.0 cm³/mol. The lowest BCUT2D eigenvalue weighted by molar-refractivity contribution is 0.278. The van der Waals surface area contributed by atoms with Crippen LogP contribution in [0.1, 0.15) is 26.3 Å². The molecule has 1 aromatic heterocycles. The first-order valence-corrected chi connectivity index (χ1v) is 7.68. The van der Waals surface area contributed by atoms with Gasteiger partial charge in [-0.15, -0.1) is 0 Å². The zero-order valence-corrected chi connectivity index (χ0v) is 13.4. The summed E-state index contributed by atoms with van der Waals surface area (Å²) in [7, 11) is 0. The van der Waals surface area contributed by atoms with E-state index in [2.05, 4.69) is 49.6 Å². The summed E-state index contributed by atoms with van der Waals surface area (Å²) in [5.74, 6) is 0.913. The SMILES string of the molecule is CC(C)(C)c1ccc(-c2nc3ccccc3n2CCO)cc1. The lowest BCUT2D eigenvalue weighted by Crippen LogP contribution is -2.10. The van der Waals surface area contributed by atoms with Crippen molar-refractivity contribution in [1.82, 2.24) is 9.55 Å². The molecule has 3 aromatic rings. The van der Waals surface area contributed by atoms with Crippen LogP contribution in [0.25, 0.3) is 22.4 Å². The van der Waals surface area contributed by atoms with Crippen molar-refractivity contribution in [3.8, 4) is 11.4 Å². The molecule has 1 heterocycles. The first kappa shape index (κ1) is 14.8. The van der Waals surface area contributed by atoms with Gasteiger partial charge in [-0.3, -0.25) is 0 Å². The van der Waals surface area contributed by atoms with Crippen LogP contribution in [-0.2, 0) is 12.0 Å². The third-order valence-electron chi connectivity index (χ3n) is 3.99. The van der Waals surface area contributed by atoms with Crippen LogP contribution in [0, 0.1) is 0 Å². The Balaban J connectivity index is 2.11. The van der Waals surface area contributed by atoms with Crippen LogP contribution in [0.5, 0.6) is 0 Å². The molecule has 0 unspecified atom stereocenters. The highest BCUT2D eigenvalue weighted by Gasteiger charge is 2.15. The molecular weight excluding hydrogens is 272 g/mol. The van der Waals surface area contributed by atoms with Gasteiger partial charge >= 0.3 is 0 Å². The average molecular weight is 294 g/mol. The van der Waals surface area contributed by atoms with Gasteiger partial charge in [0.1, 0.15) is 5.82 Å². The quantitative estimate of drug-likeness (QED) is 0.793. The largest absolute Gasteiger partial charge is 0.395 e. The van der Waals surface area contributed by atoms with Gasteiger partial charge in [0.25, 0.3) is 0 Å². The van der Waals surface area contributed by atoms with Crippen molar-refractivity contribution in [1.29, 1.82) is 0 Å². The fraction of sp³-hybridized carbons (Fsp3) is 0.316. The van der Waals surface area contributed by atoms with Gasteiger partial charge in [-0.2, -0.15) is 0 Å². The Labute approximate surface area is 131 Å². The van der Waals surface area contributed by atoms with E-state index in [9.17, 15) is 5.11 Å². The Bertz CT molecular complexity index is 779. The van der Waals surface area contributed by atoms with E-state index >= 15 is 0 Å². The standard InChI is InChI=1S/C19H22N2O/c1-19(2,3)15-10-8-14(9-11-15)18-20-16-6-4-5-7-17(16)21(18)12-13-22/h4-11,22H,12-13H2,1-3H3. The van der Waals surface area contributed by atoms with Gasteiger partial charge in [-0.25, -0.2) is 4.98 Å². The second-order valence-electron chi connectivity index (χ2n) is 6.63. The highest BCUT2D eigenvalue weighted by atomic mass is 16.3. The van der Waals surface area contributed by atoms with Gasteiger partial charge in [-0.1, -0.05) is 57.2 Å². The number of para-hydroxylation sites is 2. The molecule has 0 fully saturated rings. The molecule has 0 saturated heterocycles. The maximum atomic E-state index is 9.37. The van der Waals surface area contributed by atoms with Crippen LogP contribution in [0.4, 0.5) is 0 Å². The van der Waals surface area contributed by atoms with Crippen LogP contribution in [-0.4, -0.2) is 21.3 Å². The Morgan fingerprint density at radius 2 is 1.68 bits per heavy atom. The summed E-state index contributed by atoms with van der Waals surface area (Å²) >= 11 is 0.